The van der Waals surface area contributed by atoms with E-state index in [0.29, 0.717) is 0 Å². The van der Waals surface area contributed by atoms with Gasteiger partial charge in [0.25, 0.3) is 0 Å². The molecule has 4 heteroatoms. The number of methoxy groups -OCH3 is 1. The first-order valence-corrected chi connectivity index (χ1v) is 7.96. The molecular weight excluding hydrogens is 268 g/mol. The smallest absolute Gasteiger partial charge is 0.119 e. The summed E-state index contributed by atoms with van der Waals surface area (Å²) in [5, 5.41) is 6.95. The predicted molar refractivity (Wildman–Crippen MR) is 82.5 cm³/mol. The van der Waals surface area contributed by atoms with Crippen molar-refractivity contribution in [3.05, 3.63) is 45.9 Å². The molecule has 0 saturated heterocycles. The fourth-order valence-electron chi connectivity index (χ4n) is 3.11. The summed E-state index contributed by atoms with van der Waals surface area (Å²) in [6.07, 6.45) is 5.08. The molecule has 1 aromatic heterocycles. The lowest BCUT2D eigenvalue weighted by Crippen LogP contribution is -2.46. The molecule has 3 rings (SSSR count). The van der Waals surface area contributed by atoms with Crippen molar-refractivity contribution in [1.29, 1.82) is 0 Å². The zero-order chi connectivity index (χ0) is 14.0. The van der Waals surface area contributed by atoms with Crippen LogP contribution in [0.4, 0.5) is 0 Å². The van der Waals surface area contributed by atoms with Crippen molar-refractivity contribution >= 4 is 11.3 Å². The van der Waals surface area contributed by atoms with Crippen LogP contribution >= 0.6 is 11.3 Å². The minimum absolute atomic E-state index is 0.0116. The maximum Gasteiger partial charge on any atom is 0.119 e. The van der Waals surface area contributed by atoms with Crippen LogP contribution in [0.1, 0.15) is 29.5 Å². The van der Waals surface area contributed by atoms with Crippen LogP contribution in [-0.4, -0.2) is 18.6 Å². The summed E-state index contributed by atoms with van der Waals surface area (Å²) in [7, 11) is 1.73. The van der Waals surface area contributed by atoms with Gasteiger partial charge in [0.2, 0.25) is 0 Å². The number of hydrogen-bond donors (Lipinski definition) is 1. The van der Waals surface area contributed by atoms with E-state index in [0.717, 1.165) is 31.6 Å². The van der Waals surface area contributed by atoms with Crippen LogP contribution in [0.15, 0.2) is 29.8 Å². The second-order valence-corrected chi connectivity index (χ2v) is 6.16. The van der Waals surface area contributed by atoms with Gasteiger partial charge < -0.3 is 10.1 Å². The normalized spacial score (nSPS) is 21.5. The number of ether oxygens (including phenoxy) is 1. The second kappa shape index (κ2) is 5.54. The maximum absolute atomic E-state index is 5.37. The lowest BCUT2D eigenvalue weighted by molar-refractivity contribution is 0.296. The third kappa shape index (κ3) is 2.34. The van der Waals surface area contributed by atoms with Crippen molar-refractivity contribution in [2.45, 2.75) is 31.7 Å². The van der Waals surface area contributed by atoms with Gasteiger partial charge in [-0.1, -0.05) is 13.0 Å². The Morgan fingerprint density at radius 1 is 1.40 bits per heavy atom. The topological polar surface area (TPSA) is 34.2 Å². The van der Waals surface area contributed by atoms with E-state index in [4.69, 9.17) is 4.74 Å². The molecular formula is C16H20N2OS. The van der Waals surface area contributed by atoms with E-state index >= 15 is 0 Å². The van der Waals surface area contributed by atoms with E-state index < -0.39 is 0 Å². The minimum atomic E-state index is -0.0116. The predicted octanol–water partition coefficient (Wildman–Crippen LogP) is 3.15. The zero-order valence-electron chi connectivity index (χ0n) is 12.0. The molecule has 0 bridgehead atoms. The first-order valence-electron chi connectivity index (χ1n) is 7.08. The fourth-order valence-corrected chi connectivity index (χ4v) is 3.95. The minimum Gasteiger partial charge on any atom is -0.497 e. The lowest BCUT2D eigenvalue weighted by Gasteiger charge is -2.37. The molecule has 1 N–H and O–H groups in total. The number of thiazole rings is 1. The molecule has 0 fully saturated rings. The number of aryl methyl sites for hydroxylation is 1. The average molecular weight is 288 g/mol. The van der Waals surface area contributed by atoms with Gasteiger partial charge in [0, 0.05) is 11.6 Å². The molecule has 0 spiro atoms. The third-order valence-corrected chi connectivity index (χ3v) is 5.06. The Labute approximate surface area is 124 Å². The monoisotopic (exact) mass is 288 g/mol. The average Bonchev–Trinajstić information content (AvgIpc) is 3.01. The molecule has 106 valence electrons. The van der Waals surface area contributed by atoms with Crippen molar-refractivity contribution < 1.29 is 4.74 Å². The highest BCUT2D eigenvalue weighted by Gasteiger charge is 2.37. The number of benzene rings is 1. The highest BCUT2D eigenvalue weighted by atomic mass is 32.1. The van der Waals surface area contributed by atoms with E-state index in [2.05, 4.69) is 40.8 Å². The molecule has 1 unspecified atom stereocenters. The van der Waals surface area contributed by atoms with E-state index in [9.17, 15) is 0 Å². The first kappa shape index (κ1) is 13.6. The summed E-state index contributed by atoms with van der Waals surface area (Å²) in [5.41, 5.74) is 2.81. The van der Waals surface area contributed by atoms with Crippen LogP contribution < -0.4 is 10.1 Å². The molecule has 1 aromatic carbocycles. The van der Waals surface area contributed by atoms with Gasteiger partial charge in [-0.15, -0.1) is 11.3 Å². The summed E-state index contributed by atoms with van der Waals surface area (Å²) >= 11 is 1.75. The Kier molecular flexibility index (Phi) is 3.76. The summed E-state index contributed by atoms with van der Waals surface area (Å²) in [5.74, 6) is 0.940. The quantitative estimate of drug-likeness (QED) is 0.938. The number of nitrogens with zero attached hydrogens (tertiary/aromatic N) is 1. The van der Waals surface area contributed by atoms with Gasteiger partial charge in [-0.25, -0.2) is 4.98 Å². The summed E-state index contributed by atoms with van der Waals surface area (Å²) in [6, 6.07) is 6.43. The third-order valence-electron chi connectivity index (χ3n) is 4.08. The van der Waals surface area contributed by atoms with Crippen LogP contribution in [0.5, 0.6) is 5.75 Å². The molecule has 1 aliphatic rings. The van der Waals surface area contributed by atoms with Gasteiger partial charge in [0.1, 0.15) is 10.8 Å². The highest BCUT2D eigenvalue weighted by Crippen LogP contribution is 2.38. The number of rotatable bonds is 4. The van der Waals surface area contributed by atoms with Gasteiger partial charge in [-0.05, 0) is 49.1 Å². The first-order chi connectivity index (χ1) is 9.77. The second-order valence-electron chi connectivity index (χ2n) is 5.26. The van der Waals surface area contributed by atoms with E-state index in [1.165, 1.54) is 16.1 Å². The summed E-state index contributed by atoms with van der Waals surface area (Å²) < 4.78 is 5.37. The summed E-state index contributed by atoms with van der Waals surface area (Å²) in [4.78, 5) is 4.57. The number of fused-ring (bicyclic) bond motifs is 1. The van der Waals surface area contributed by atoms with Gasteiger partial charge in [0.15, 0.2) is 0 Å². The highest BCUT2D eigenvalue weighted by molar-refractivity contribution is 7.09. The molecule has 0 radical (unpaired) electrons. The Morgan fingerprint density at radius 3 is 3.00 bits per heavy atom. The van der Waals surface area contributed by atoms with Crippen molar-refractivity contribution in [2.75, 3.05) is 13.7 Å². The fraction of sp³-hybridized carbons (Fsp3) is 0.438. The number of aromatic nitrogens is 1. The molecule has 2 aromatic rings. The SMILES string of the molecule is CCNC1(c2nccs2)CCc2ccc(OC)cc2C1. The van der Waals surface area contributed by atoms with Crippen LogP contribution in [0.3, 0.4) is 0 Å². The largest absolute Gasteiger partial charge is 0.497 e. The maximum atomic E-state index is 5.37. The van der Waals surface area contributed by atoms with E-state index in [-0.39, 0.29) is 5.54 Å². The van der Waals surface area contributed by atoms with Crippen molar-refractivity contribution in [3.8, 4) is 5.75 Å². The van der Waals surface area contributed by atoms with E-state index in [1.807, 2.05) is 6.20 Å². The number of nitrogens with one attached hydrogen (secondary N) is 1. The number of hydrogen-bond acceptors (Lipinski definition) is 4. The Hall–Kier alpha value is -1.39. The molecule has 3 nitrogen and oxygen atoms in total. The Morgan fingerprint density at radius 2 is 2.30 bits per heavy atom. The molecule has 20 heavy (non-hydrogen) atoms. The van der Waals surface area contributed by atoms with Crippen molar-refractivity contribution in [3.63, 3.8) is 0 Å². The zero-order valence-corrected chi connectivity index (χ0v) is 12.8. The van der Waals surface area contributed by atoms with Crippen LogP contribution in [-0.2, 0) is 18.4 Å². The number of likely N-dealkylation sites (N-methyl/N-ethyl adjacent to an activating group) is 1. The Balaban J connectivity index is 1.98. The Bertz CT molecular complexity index is 582. The van der Waals surface area contributed by atoms with Gasteiger partial charge in [-0.2, -0.15) is 0 Å². The molecule has 0 amide bonds. The van der Waals surface area contributed by atoms with Crippen LogP contribution in [0.25, 0.3) is 0 Å². The molecule has 1 aliphatic carbocycles. The standard InChI is InChI=1S/C16H20N2OS/c1-3-18-16(15-17-8-9-20-15)7-6-12-4-5-14(19-2)10-13(12)11-16/h4-5,8-10,18H,3,6-7,11H2,1-2H3. The molecule has 0 saturated carbocycles. The van der Waals surface area contributed by atoms with Crippen molar-refractivity contribution in [1.82, 2.24) is 10.3 Å². The molecule has 1 atom stereocenters. The van der Waals surface area contributed by atoms with Gasteiger partial charge in [0.05, 0.1) is 12.6 Å². The van der Waals surface area contributed by atoms with Gasteiger partial charge >= 0.3 is 0 Å². The molecule has 1 heterocycles. The van der Waals surface area contributed by atoms with Gasteiger partial charge in [-0.3, -0.25) is 0 Å². The molecule has 0 aliphatic heterocycles. The van der Waals surface area contributed by atoms with Crippen LogP contribution in [0, 0.1) is 0 Å². The lowest BCUT2D eigenvalue weighted by atomic mass is 9.78. The van der Waals surface area contributed by atoms with E-state index in [1.54, 1.807) is 18.4 Å². The summed E-state index contributed by atoms with van der Waals surface area (Å²) in [6.45, 7) is 3.12. The van der Waals surface area contributed by atoms with Crippen molar-refractivity contribution in [2.24, 2.45) is 0 Å². The van der Waals surface area contributed by atoms with Crippen LogP contribution in [0.2, 0.25) is 0 Å².